The van der Waals surface area contributed by atoms with Crippen LogP contribution in [0.5, 0.6) is 0 Å². The second-order valence-corrected chi connectivity index (χ2v) is 8.34. The Labute approximate surface area is 162 Å². The molecule has 150 valence electrons. The Hall–Kier alpha value is -1.95. The highest BCUT2D eigenvalue weighted by Crippen LogP contribution is 2.26. The van der Waals surface area contributed by atoms with Gasteiger partial charge in [0.15, 0.2) is 0 Å². The van der Waals surface area contributed by atoms with Gasteiger partial charge in [-0.1, -0.05) is 0 Å². The van der Waals surface area contributed by atoms with E-state index < -0.39 is 5.60 Å². The molecule has 1 saturated heterocycles. The quantitative estimate of drug-likeness (QED) is 0.538. The van der Waals surface area contributed by atoms with Crippen LogP contribution in [0.25, 0.3) is 0 Å². The van der Waals surface area contributed by atoms with Gasteiger partial charge in [-0.05, 0) is 65.2 Å². The molecule has 0 bridgehead atoms. The van der Waals surface area contributed by atoms with Crippen molar-refractivity contribution in [1.29, 1.82) is 0 Å². The van der Waals surface area contributed by atoms with Gasteiger partial charge >= 0.3 is 6.09 Å². The summed E-state index contributed by atoms with van der Waals surface area (Å²) in [7, 11) is 0. The largest absolute Gasteiger partial charge is 0.444 e. The Morgan fingerprint density at radius 3 is 2.67 bits per heavy atom. The van der Waals surface area contributed by atoms with Crippen molar-refractivity contribution in [2.24, 2.45) is 5.92 Å². The molecule has 0 spiro atoms. The van der Waals surface area contributed by atoms with Crippen LogP contribution in [0.15, 0.2) is 12.1 Å². The molecular formula is C21H32N2O4. The summed E-state index contributed by atoms with van der Waals surface area (Å²) in [4.78, 5) is 29.3. The highest BCUT2D eigenvalue weighted by Gasteiger charge is 2.38. The highest BCUT2D eigenvalue weighted by atomic mass is 16.6. The molecule has 1 amide bonds. The van der Waals surface area contributed by atoms with E-state index in [1.165, 1.54) is 5.56 Å². The minimum absolute atomic E-state index is 0.0770. The lowest BCUT2D eigenvalue weighted by molar-refractivity contribution is -0.108. The topological polar surface area (TPSA) is 68.7 Å². The molecule has 1 fully saturated rings. The average molecular weight is 376 g/mol. The molecule has 2 atom stereocenters. The first-order valence-electron chi connectivity index (χ1n) is 9.65. The van der Waals surface area contributed by atoms with Crippen LogP contribution >= 0.6 is 0 Å². The van der Waals surface area contributed by atoms with Gasteiger partial charge in [-0.2, -0.15) is 0 Å². The third-order valence-electron chi connectivity index (χ3n) is 4.45. The van der Waals surface area contributed by atoms with Crippen LogP contribution in [0.4, 0.5) is 4.79 Å². The first kappa shape index (κ1) is 21.4. The average Bonchev–Trinajstić information content (AvgIpc) is 2.92. The van der Waals surface area contributed by atoms with Crippen LogP contribution in [-0.4, -0.2) is 53.7 Å². The summed E-state index contributed by atoms with van der Waals surface area (Å²) < 4.78 is 11.5. The van der Waals surface area contributed by atoms with Crippen molar-refractivity contribution in [2.75, 3.05) is 19.7 Å². The van der Waals surface area contributed by atoms with Crippen LogP contribution in [0, 0.1) is 19.8 Å². The maximum absolute atomic E-state index is 12.5. The fourth-order valence-electron chi connectivity index (χ4n) is 3.40. The van der Waals surface area contributed by atoms with E-state index in [2.05, 4.69) is 24.0 Å². The van der Waals surface area contributed by atoms with E-state index in [0.717, 1.165) is 24.1 Å². The van der Waals surface area contributed by atoms with Gasteiger partial charge < -0.3 is 19.2 Å². The first-order chi connectivity index (χ1) is 12.7. The molecule has 2 heterocycles. The van der Waals surface area contributed by atoms with E-state index in [-0.39, 0.29) is 18.1 Å². The van der Waals surface area contributed by atoms with E-state index in [1.807, 2.05) is 27.7 Å². The minimum Gasteiger partial charge on any atom is -0.444 e. The number of carbonyl (C=O) groups excluding carboxylic acids is 2. The zero-order valence-corrected chi connectivity index (χ0v) is 17.2. The fourth-order valence-corrected chi connectivity index (χ4v) is 3.40. The monoisotopic (exact) mass is 376 g/mol. The number of amides is 1. The van der Waals surface area contributed by atoms with Crippen molar-refractivity contribution in [3.63, 3.8) is 0 Å². The summed E-state index contributed by atoms with van der Waals surface area (Å²) in [6.45, 7) is 11.3. The maximum Gasteiger partial charge on any atom is 0.410 e. The number of rotatable bonds is 7. The number of pyridine rings is 1. The van der Waals surface area contributed by atoms with Crippen molar-refractivity contribution >= 4 is 12.4 Å². The van der Waals surface area contributed by atoms with Crippen molar-refractivity contribution in [2.45, 2.75) is 65.6 Å². The third kappa shape index (κ3) is 6.94. The van der Waals surface area contributed by atoms with Gasteiger partial charge in [-0.3, -0.25) is 4.98 Å². The molecule has 0 aromatic carbocycles. The lowest BCUT2D eigenvalue weighted by Gasteiger charge is -2.24. The molecule has 1 aliphatic rings. The number of carbonyl (C=O) groups is 2. The molecule has 6 heteroatoms. The molecule has 2 rings (SSSR count). The van der Waals surface area contributed by atoms with E-state index in [4.69, 9.17) is 9.47 Å². The smallest absolute Gasteiger partial charge is 0.410 e. The van der Waals surface area contributed by atoms with Crippen LogP contribution < -0.4 is 0 Å². The molecule has 27 heavy (non-hydrogen) atoms. The lowest BCUT2D eigenvalue weighted by Crippen LogP contribution is -2.36. The number of likely N-dealkylation sites (tertiary alicyclic amines) is 1. The number of hydrogen-bond donors (Lipinski definition) is 0. The first-order valence-corrected chi connectivity index (χ1v) is 9.65. The fraction of sp³-hybridized carbons (Fsp3) is 0.667. The molecule has 0 N–H and O–H groups in total. The van der Waals surface area contributed by atoms with Crippen molar-refractivity contribution in [3.05, 3.63) is 29.1 Å². The molecule has 0 radical (unpaired) electrons. The van der Waals surface area contributed by atoms with Gasteiger partial charge in [0.2, 0.25) is 0 Å². The van der Waals surface area contributed by atoms with Crippen LogP contribution in [-0.2, 0) is 20.7 Å². The predicted octanol–water partition coefficient (Wildman–Crippen LogP) is 3.47. The number of nitrogens with zero attached hydrogens (tertiary/aromatic N) is 2. The standard InChI is InChI=1S/C21H32N2O4/c1-15-10-16(2)22-18(11-15)12-17-13-23(20(25)27-21(3,4)5)14-19(17)26-9-7-6-8-24/h8,10-11,17,19H,6-7,9,12-14H2,1-5H3/t17-,19+/m1/s1. The summed E-state index contributed by atoms with van der Waals surface area (Å²) in [5, 5.41) is 0. The molecule has 1 aromatic rings. The van der Waals surface area contributed by atoms with Gasteiger partial charge in [0.05, 0.1) is 12.6 Å². The van der Waals surface area contributed by atoms with E-state index >= 15 is 0 Å². The minimum atomic E-state index is -0.523. The summed E-state index contributed by atoms with van der Waals surface area (Å²) in [5.74, 6) is 0.155. The number of ether oxygens (including phenoxy) is 2. The number of aryl methyl sites for hydroxylation is 2. The van der Waals surface area contributed by atoms with Gasteiger partial charge in [0.1, 0.15) is 11.9 Å². The Balaban J connectivity index is 2.07. The number of aldehydes is 1. The second kappa shape index (κ2) is 9.31. The Kier molecular flexibility index (Phi) is 7.36. The van der Waals surface area contributed by atoms with Gasteiger partial charge in [-0.15, -0.1) is 0 Å². The molecule has 6 nitrogen and oxygen atoms in total. The van der Waals surface area contributed by atoms with Crippen LogP contribution in [0.1, 0.15) is 50.6 Å². The van der Waals surface area contributed by atoms with Crippen molar-refractivity contribution in [1.82, 2.24) is 9.88 Å². The van der Waals surface area contributed by atoms with E-state index in [1.54, 1.807) is 4.90 Å². The maximum atomic E-state index is 12.5. The van der Waals surface area contributed by atoms with Gasteiger partial charge in [0.25, 0.3) is 0 Å². The molecule has 0 unspecified atom stereocenters. The Morgan fingerprint density at radius 1 is 1.30 bits per heavy atom. The molecule has 0 aliphatic carbocycles. The molecule has 1 aliphatic heterocycles. The number of hydrogen-bond acceptors (Lipinski definition) is 5. The summed E-state index contributed by atoms with van der Waals surface area (Å²) >= 11 is 0. The predicted molar refractivity (Wildman–Crippen MR) is 104 cm³/mol. The second-order valence-electron chi connectivity index (χ2n) is 8.34. The van der Waals surface area contributed by atoms with Crippen LogP contribution in [0.3, 0.4) is 0 Å². The zero-order valence-electron chi connectivity index (χ0n) is 17.2. The lowest BCUT2D eigenvalue weighted by atomic mass is 9.98. The zero-order chi connectivity index (χ0) is 20.0. The van der Waals surface area contributed by atoms with E-state index in [0.29, 0.717) is 32.5 Å². The van der Waals surface area contributed by atoms with Gasteiger partial charge in [-0.25, -0.2) is 4.79 Å². The SMILES string of the molecule is Cc1cc(C)nc(C[C@@H]2CN(C(=O)OC(C)(C)C)C[C@@H]2OCCCC=O)c1. The molecule has 0 saturated carbocycles. The van der Waals surface area contributed by atoms with Gasteiger partial charge in [0, 0.05) is 36.9 Å². The number of aromatic nitrogens is 1. The van der Waals surface area contributed by atoms with E-state index in [9.17, 15) is 9.59 Å². The summed E-state index contributed by atoms with van der Waals surface area (Å²) in [5.41, 5.74) is 2.67. The molecular weight excluding hydrogens is 344 g/mol. The normalized spacial score (nSPS) is 20.0. The highest BCUT2D eigenvalue weighted by molar-refractivity contribution is 5.68. The van der Waals surface area contributed by atoms with Crippen molar-refractivity contribution in [3.8, 4) is 0 Å². The molecule has 1 aromatic heterocycles. The van der Waals surface area contributed by atoms with Crippen LogP contribution in [0.2, 0.25) is 0 Å². The van der Waals surface area contributed by atoms with Crippen molar-refractivity contribution < 1.29 is 19.1 Å². The third-order valence-corrected chi connectivity index (χ3v) is 4.45. The summed E-state index contributed by atoms with van der Waals surface area (Å²) in [6.07, 6.45) is 2.46. The summed E-state index contributed by atoms with van der Waals surface area (Å²) in [6, 6.07) is 4.14. The Bertz CT molecular complexity index is 634. The Morgan fingerprint density at radius 2 is 2.04 bits per heavy atom. The number of unbranched alkanes of at least 4 members (excludes halogenated alkanes) is 1.